The predicted molar refractivity (Wildman–Crippen MR) is 140 cm³/mol. The topological polar surface area (TPSA) is 43.8 Å². The van der Waals surface area contributed by atoms with Gasteiger partial charge in [-0.2, -0.15) is 0 Å². The molecule has 0 bridgehead atoms. The van der Waals surface area contributed by atoms with Crippen molar-refractivity contribution >= 4 is 11.4 Å². The Kier molecular flexibility index (Phi) is 7.71. The third-order valence-corrected chi connectivity index (χ3v) is 7.69. The first-order valence-corrected chi connectivity index (χ1v) is 12.7. The van der Waals surface area contributed by atoms with Gasteiger partial charge in [0.1, 0.15) is 6.61 Å². The second kappa shape index (κ2) is 10.6. The van der Waals surface area contributed by atoms with E-state index in [9.17, 15) is 4.79 Å². The molecule has 1 aliphatic heterocycles. The van der Waals surface area contributed by atoms with Gasteiger partial charge in [-0.1, -0.05) is 68.5 Å². The molecule has 0 unspecified atom stereocenters. The third kappa shape index (κ3) is 5.86. The lowest BCUT2D eigenvalue weighted by Crippen LogP contribution is -2.55. The van der Waals surface area contributed by atoms with Crippen LogP contribution in [0.3, 0.4) is 0 Å². The highest BCUT2D eigenvalue weighted by Crippen LogP contribution is 2.39. The number of aliphatic hydroxyl groups excluding tert-OH is 1. The summed E-state index contributed by atoms with van der Waals surface area (Å²) in [7, 11) is 0. The predicted octanol–water partition coefficient (Wildman–Crippen LogP) is 5.55. The first kappa shape index (κ1) is 24.8. The van der Waals surface area contributed by atoms with Gasteiger partial charge in [0.15, 0.2) is 5.78 Å². The molecule has 182 valence electrons. The summed E-state index contributed by atoms with van der Waals surface area (Å²) in [5.41, 5.74) is 6.62. The van der Waals surface area contributed by atoms with Gasteiger partial charge in [-0.3, -0.25) is 14.6 Å². The maximum absolute atomic E-state index is 11.7. The van der Waals surface area contributed by atoms with Gasteiger partial charge in [0.25, 0.3) is 0 Å². The van der Waals surface area contributed by atoms with Gasteiger partial charge in [0, 0.05) is 43.8 Å². The molecule has 1 N–H and O–H groups in total. The van der Waals surface area contributed by atoms with E-state index in [2.05, 4.69) is 67.8 Å². The molecule has 2 aromatic carbocycles. The summed E-state index contributed by atoms with van der Waals surface area (Å²) in [6, 6.07) is 17.6. The lowest BCUT2D eigenvalue weighted by Gasteiger charge is -2.45. The van der Waals surface area contributed by atoms with E-state index in [1.54, 1.807) is 0 Å². The monoisotopic (exact) mass is 460 g/mol. The zero-order valence-electron chi connectivity index (χ0n) is 21.3. The average Bonchev–Trinajstić information content (AvgIpc) is 2.82. The van der Waals surface area contributed by atoms with Crippen molar-refractivity contribution in [2.24, 2.45) is 5.41 Å². The fourth-order valence-corrected chi connectivity index (χ4v) is 5.54. The molecule has 2 atom stereocenters. The molecule has 1 aliphatic carbocycles. The molecular weight excluding hydrogens is 420 g/mol. The Labute approximate surface area is 205 Å². The average molecular weight is 461 g/mol. The van der Waals surface area contributed by atoms with Gasteiger partial charge in [-0.25, -0.2) is 0 Å². The molecule has 2 aromatic rings. The molecule has 0 spiro atoms. The maximum atomic E-state index is 11.7. The summed E-state index contributed by atoms with van der Waals surface area (Å²) in [5, 5.41) is 9.05. The number of ketones is 1. The van der Waals surface area contributed by atoms with Crippen LogP contribution in [0.25, 0.3) is 5.57 Å². The van der Waals surface area contributed by atoms with Crippen molar-refractivity contribution in [3.63, 3.8) is 0 Å². The standard InChI is InChI=1S/C30H40N2O2/c1-22-17-31(19-24-9-11-26(12-10-24)29(34)21-33)18-23(2)32(22)20-27-7-5-6-8-28(27)25-13-15-30(3,4)16-14-25/h5-13,22-23,33H,14-21H2,1-4H3/t22-,23+. The summed E-state index contributed by atoms with van der Waals surface area (Å²) in [5.74, 6) is -0.226. The number of allylic oxidation sites excluding steroid dienone is 2. The summed E-state index contributed by atoms with van der Waals surface area (Å²) >= 11 is 0. The Hall–Kier alpha value is -2.27. The number of rotatable bonds is 7. The van der Waals surface area contributed by atoms with Crippen LogP contribution in [0.2, 0.25) is 0 Å². The van der Waals surface area contributed by atoms with Crippen LogP contribution in [0.1, 0.15) is 74.0 Å². The molecule has 2 aliphatic rings. The number of hydrogen-bond donors (Lipinski definition) is 1. The molecule has 4 heteroatoms. The SMILES string of the molecule is C[C@@H]1CN(Cc2ccc(C(=O)CO)cc2)C[C@H](C)N1Cc1ccccc1C1=CCC(C)(C)CC1. The number of carbonyl (C=O) groups is 1. The van der Waals surface area contributed by atoms with E-state index >= 15 is 0 Å². The van der Waals surface area contributed by atoms with Crippen molar-refractivity contribution in [2.75, 3.05) is 19.7 Å². The summed E-state index contributed by atoms with van der Waals surface area (Å²) in [6.45, 7) is 12.9. The number of aliphatic hydroxyl groups is 1. The van der Waals surface area contributed by atoms with E-state index in [1.807, 2.05) is 24.3 Å². The van der Waals surface area contributed by atoms with Crippen LogP contribution in [-0.4, -0.2) is 52.5 Å². The lowest BCUT2D eigenvalue weighted by atomic mass is 9.76. The fraction of sp³-hybridized carbons (Fsp3) is 0.500. The van der Waals surface area contributed by atoms with Crippen LogP contribution in [0, 0.1) is 5.41 Å². The molecule has 1 heterocycles. The van der Waals surface area contributed by atoms with Gasteiger partial charge in [-0.15, -0.1) is 0 Å². The minimum absolute atomic E-state index is 0.226. The maximum Gasteiger partial charge on any atom is 0.188 e. The molecule has 1 fully saturated rings. The van der Waals surface area contributed by atoms with E-state index in [0.29, 0.717) is 23.1 Å². The summed E-state index contributed by atoms with van der Waals surface area (Å²) in [4.78, 5) is 16.8. The van der Waals surface area contributed by atoms with Gasteiger partial charge in [0.05, 0.1) is 0 Å². The van der Waals surface area contributed by atoms with Crippen molar-refractivity contribution in [3.8, 4) is 0 Å². The van der Waals surface area contributed by atoms with Crippen LogP contribution in [0.4, 0.5) is 0 Å². The van der Waals surface area contributed by atoms with E-state index in [0.717, 1.165) is 32.6 Å². The number of hydrogen-bond acceptors (Lipinski definition) is 4. The van der Waals surface area contributed by atoms with Crippen molar-refractivity contribution in [3.05, 3.63) is 76.9 Å². The van der Waals surface area contributed by atoms with Crippen molar-refractivity contribution < 1.29 is 9.90 Å². The largest absolute Gasteiger partial charge is 0.388 e. The molecule has 0 amide bonds. The summed E-state index contributed by atoms with van der Waals surface area (Å²) in [6.07, 6.45) is 6.07. The zero-order valence-corrected chi connectivity index (χ0v) is 21.3. The van der Waals surface area contributed by atoms with E-state index in [1.165, 1.54) is 35.1 Å². The van der Waals surface area contributed by atoms with Crippen molar-refractivity contribution in [1.82, 2.24) is 9.80 Å². The Morgan fingerprint density at radius 3 is 2.29 bits per heavy atom. The lowest BCUT2D eigenvalue weighted by molar-refractivity contribution is 0.0290. The molecule has 4 rings (SSSR count). The van der Waals surface area contributed by atoms with Crippen LogP contribution in [0.5, 0.6) is 0 Å². The normalized spacial score (nSPS) is 23.5. The van der Waals surface area contributed by atoms with Crippen LogP contribution in [-0.2, 0) is 13.1 Å². The van der Waals surface area contributed by atoms with Crippen LogP contribution >= 0.6 is 0 Å². The molecule has 0 aromatic heterocycles. The molecule has 1 saturated heterocycles. The molecule has 0 saturated carbocycles. The second-order valence-electron chi connectivity index (χ2n) is 11.1. The third-order valence-electron chi connectivity index (χ3n) is 7.69. The van der Waals surface area contributed by atoms with Crippen molar-refractivity contribution in [1.29, 1.82) is 0 Å². The first-order valence-electron chi connectivity index (χ1n) is 12.7. The van der Waals surface area contributed by atoms with Crippen LogP contribution < -0.4 is 0 Å². The number of benzene rings is 2. The highest BCUT2D eigenvalue weighted by molar-refractivity contribution is 5.96. The fourth-order valence-electron chi connectivity index (χ4n) is 5.54. The molecule has 34 heavy (non-hydrogen) atoms. The smallest absolute Gasteiger partial charge is 0.188 e. The van der Waals surface area contributed by atoms with E-state index < -0.39 is 6.61 Å². The highest BCUT2D eigenvalue weighted by atomic mass is 16.3. The Bertz CT molecular complexity index is 1010. The Morgan fingerprint density at radius 1 is 1.00 bits per heavy atom. The van der Waals surface area contributed by atoms with E-state index in [-0.39, 0.29) is 5.78 Å². The van der Waals surface area contributed by atoms with Crippen molar-refractivity contribution in [2.45, 2.75) is 72.1 Å². The quantitative estimate of drug-likeness (QED) is 0.550. The molecule has 0 radical (unpaired) electrons. The number of Topliss-reactive ketones (excluding diaryl/α,β-unsaturated/α-hetero) is 1. The van der Waals surface area contributed by atoms with Gasteiger partial charge in [-0.05, 0) is 60.8 Å². The zero-order chi connectivity index (χ0) is 24.3. The summed E-state index contributed by atoms with van der Waals surface area (Å²) < 4.78 is 0. The number of piperazine rings is 1. The van der Waals surface area contributed by atoms with Gasteiger partial charge in [0.2, 0.25) is 0 Å². The first-order chi connectivity index (χ1) is 16.3. The minimum Gasteiger partial charge on any atom is -0.388 e. The van der Waals surface area contributed by atoms with Gasteiger partial charge < -0.3 is 5.11 Å². The number of carbonyl (C=O) groups excluding carboxylic acids is 1. The minimum atomic E-state index is -0.436. The highest BCUT2D eigenvalue weighted by Gasteiger charge is 2.30. The van der Waals surface area contributed by atoms with Crippen LogP contribution in [0.15, 0.2) is 54.6 Å². The van der Waals surface area contributed by atoms with E-state index in [4.69, 9.17) is 5.11 Å². The Balaban J connectivity index is 1.41. The number of nitrogens with zero attached hydrogens (tertiary/aromatic N) is 2. The second-order valence-corrected chi connectivity index (χ2v) is 11.1. The molecular formula is C30H40N2O2. The molecule has 4 nitrogen and oxygen atoms in total. The van der Waals surface area contributed by atoms with Gasteiger partial charge >= 0.3 is 0 Å². The Morgan fingerprint density at radius 2 is 1.68 bits per heavy atom.